The summed E-state index contributed by atoms with van der Waals surface area (Å²) < 4.78 is 10.4. The molecule has 3 atom stereocenters. The molecule has 2 aromatic rings. The van der Waals surface area contributed by atoms with E-state index in [1.807, 2.05) is 65.6 Å². The SMILES string of the molecule is COC(=O)[C@H](Cc1ccccc1)NC(=O)[C@H]1CCCN1C(=S)C(C)(C)NC(=O)[C@@H]1CCCN1C(=O)OCc1ccccc1. The summed E-state index contributed by atoms with van der Waals surface area (Å²) in [6.07, 6.45) is 2.24. The van der Waals surface area contributed by atoms with E-state index in [4.69, 9.17) is 21.7 Å². The van der Waals surface area contributed by atoms with Crippen molar-refractivity contribution in [2.24, 2.45) is 0 Å². The second-order valence-corrected chi connectivity index (χ2v) is 11.8. The Kier molecular flexibility index (Phi) is 10.7. The van der Waals surface area contributed by atoms with Crippen LogP contribution in [0.15, 0.2) is 60.7 Å². The average Bonchev–Trinajstić information content (AvgIpc) is 3.70. The molecule has 0 unspecified atom stereocenters. The molecule has 10 nitrogen and oxygen atoms in total. The van der Waals surface area contributed by atoms with Crippen LogP contribution in [0.25, 0.3) is 0 Å². The molecule has 0 aromatic heterocycles. The quantitative estimate of drug-likeness (QED) is 0.312. The van der Waals surface area contributed by atoms with Crippen molar-refractivity contribution in [1.82, 2.24) is 20.4 Å². The topological polar surface area (TPSA) is 117 Å². The van der Waals surface area contributed by atoms with Crippen molar-refractivity contribution in [3.8, 4) is 0 Å². The van der Waals surface area contributed by atoms with Gasteiger partial charge in [-0.05, 0) is 50.7 Å². The molecule has 2 aliphatic heterocycles. The first-order chi connectivity index (χ1) is 20.6. The van der Waals surface area contributed by atoms with Gasteiger partial charge < -0.3 is 25.0 Å². The van der Waals surface area contributed by atoms with Crippen LogP contribution in [-0.2, 0) is 36.9 Å². The molecular formula is C32H40N4O6S. The number of amides is 3. The maximum atomic E-state index is 13.5. The lowest BCUT2D eigenvalue weighted by molar-refractivity contribution is -0.145. The highest BCUT2D eigenvalue weighted by Gasteiger charge is 2.42. The lowest BCUT2D eigenvalue weighted by Crippen LogP contribution is -2.61. The molecule has 0 saturated carbocycles. The minimum absolute atomic E-state index is 0.126. The highest BCUT2D eigenvalue weighted by atomic mass is 32.1. The summed E-state index contributed by atoms with van der Waals surface area (Å²) in [5, 5.41) is 5.88. The number of rotatable bonds is 10. The van der Waals surface area contributed by atoms with E-state index in [0.717, 1.165) is 17.5 Å². The van der Waals surface area contributed by atoms with E-state index in [9.17, 15) is 19.2 Å². The van der Waals surface area contributed by atoms with Gasteiger partial charge in [0.15, 0.2) is 0 Å². The Hall–Kier alpha value is -3.99. The fraction of sp³-hybridized carbons (Fsp3) is 0.469. The molecule has 0 radical (unpaired) electrons. The zero-order chi connectivity index (χ0) is 31.0. The molecule has 230 valence electrons. The van der Waals surface area contributed by atoms with Crippen LogP contribution in [0.1, 0.15) is 50.7 Å². The van der Waals surface area contributed by atoms with Gasteiger partial charge in [-0.1, -0.05) is 72.9 Å². The molecule has 3 amide bonds. The van der Waals surface area contributed by atoms with Crippen LogP contribution in [-0.4, -0.2) is 82.5 Å². The summed E-state index contributed by atoms with van der Waals surface area (Å²) in [7, 11) is 1.29. The van der Waals surface area contributed by atoms with Gasteiger partial charge in [-0.2, -0.15) is 0 Å². The molecule has 2 fully saturated rings. The summed E-state index contributed by atoms with van der Waals surface area (Å²) in [6.45, 7) is 4.68. The highest BCUT2D eigenvalue weighted by Crippen LogP contribution is 2.25. The molecule has 2 aliphatic rings. The van der Waals surface area contributed by atoms with Gasteiger partial charge in [0, 0.05) is 19.5 Å². The van der Waals surface area contributed by atoms with Crippen molar-refractivity contribution in [3.63, 3.8) is 0 Å². The molecule has 2 saturated heterocycles. The third-order valence-electron chi connectivity index (χ3n) is 7.87. The number of carbonyl (C=O) groups excluding carboxylic acids is 4. The number of esters is 1. The summed E-state index contributed by atoms with van der Waals surface area (Å²) >= 11 is 5.84. The minimum Gasteiger partial charge on any atom is -0.467 e. The van der Waals surface area contributed by atoms with Crippen molar-refractivity contribution in [2.45, 2.75) is 76.2 Å². The van der Waals surface area contributed by atoms with E-state index >= 15 is 0 Å². The Balaban J connectivity index is 1.37. The first kappa shape index (κ1) is 31.9. The number of nitrogens with one attached hydrogen (secondary N) is 2. The first-order valence-electron chi connectivity index (χ1n) is 14.6. The number of methoxy groups -OCH3 is 1. The summed E-state index contributed by atoms with van der Waals surface area (Å²) in [5.41, 5.74) is 0.777. The summed E-state index contributed by atoms with van der Waals surface area (Å²) in [4.78, 5) is 56.0. The van der Waals surface area contributed by atoms with E-state index in [1.54, 1.807) is 13.8 Å². The zero-order valence-corrected chi connectivity index (χ0v) is 25.7. The predicted octanol–water partition coefficient (Wildman–Crippen LogP) is 3.37. The highest BCUT2D eigenvalue weighted by molar-refractivity contribution is 7.80. The van der Waals surface area contributed by atoms with E-state index in [-0.39, 0.29) is 18.4 Å². The number of ether oxygens (including phenoxy) is 2. The molecule has 0 bridgehead atoms. The first-order valence-corrected chi connectivity index (χ1v) is 15.0. The monoisotopic (exact) mass is 608 g/mol. The van der Waals surface area contributed by atoms with Crippen molar-refractivity contribution < 1.29 is 28.7 Å². The molecule has 2 N–H and O–H groups in total. The van der Waals surface area contributed by atoms with Crippen molar-refractivity contribution in [3.05, 3.63) is 71.8 Å². The Morgan fingerprint density at radius 2 is 1.44 bits per heavy atom. The maximum Gasteiger partial charge on any atom is 0.410 e. The third kappa shape index (κ3) is 8.10. The number of hydrogen-bond acceptors (Lipinski definition) is 7. The van der Waals surface area contributed by atoms with Crippen molar-refractivity contribution >= 4 is 41.1 Å². The van der Waals surface area contributed by atoms with Crippen LogP contribution in [0.5, 0.6) is 0 Å². The largest absolute Gasteiger partial charge is 0.467 e. The fourth-order valence-electron chi connectivity index (χ4n) is 5.60. The summed E-state index contributed by atoms with van der Waals surface area (Å²) in [5.74, 6) is -1.17. The molecule has 2 heterocycles. The standard InChI is InChI=1S/C32H40N4O6S/c1-32(2,34-28(38)26-17-11-19-36(26)31(40)42-21-23-14-8-5-9-15-23)30(43)35-18-10-16-25(35)27(37)33-24(29(39)41-3)20-22-12-6-4-7-13-22/h4-9,12-15,24-26H,10-11,16-21H2,1-3H3,(H,33,37)(H,34,38)/t24-,25+,26-/m0/s1. The van der Waals surface area contributed by atoms with Gasteiger partial charge in [0.1, 0.15) is 29.7 Å². The van der Waals surface area contributed by atoms with Crippen LogP contribution in [0.2, 0.25) is 0 Å². The number of benzene rings is 2. The number of thiocarbonyl (C=S) groups is 1. The minimum atomic E-state index is -0.983. The van der Waals surface area contributed by atoms with E-state index in [2.05, 4.69) is 10.6 Å². The molecule has 43 heavy (non-hydrogen) atoms. The lowest BCUT2D eigenvalue weighted by Gasteiger charge is -2.37. The Bertz CT molecular complexity index is 1310. The molecule has 11 heteroatoms. The Morgan fingerprint density at radius 3 is 2.05 bits per heavy atom. The summed E-state index contributed by atoms with van der Waals surface area (Å²) in [6, 6.07) is 16.7. The third-order valence-corrected chi connectivity index (χ3v) is 8.61. The van der Waals surface area contributed by atoms with Crippen LogP contribution in [0.4, 0.5) is 4.79 Å². The Morgan fingerprint density at radius 1 is 0.884 bits per heavy atom. The van der Waals surface area contributed by atoms with Crippen molar-refractivity contribution in [2.75, 3.05) is 20.2 Å². The normalized spacial score (nSPS) is 19.0. The second kappa shape index (κ2) is 14.5. The smallest absolute Gasteiger partial charge is 0.410 e. The average molecular weight is 609 g/mol. The van der Waals surface area contributed by atoms with Gasteiger partial charge in [0.05, 0.1) is 12.6 Å². The van der Waals surface area contributed by atoms with Gasteiger partial charge in [-0.25, -0.2) is 9.59 Å². The second-order valence-electron chi connectivity index (χ2n) is 11.4. The van der Waals surface area contributed by atoms with E-state index in [0.29, 0.717) is 43.8 Å². The van der Waals surface area contributed by atoms with Gasteiger partial charge >= 0.3 is 12.1 Å². The van der Waals surface area contributed by atoms with Crippen molar-refractivity contribution in [1.29, 1.82) is 0 Å². The van der Waals surface area contributed by atoms with Crippen LogP contribution in [0.3, 0.4) is 0 Å². The van der Waals surface area contributed by atoms with Gasteiger partial charge in [0.2, 0.25) is 11.8 Å². The zero-order valence-electron chi connectivity index (χ0n) is 24.9. The Labute approximate surface area is 258 Å². The molecule has 4 rings (SSSR count). The molecule has 0 aliphatic carbocycles. The predicted molar refractivity (Wildman–Crippen MR) is 165 cm³/mol. The van der Waals surface area contributed by atoms with Crippen LogP contribution < -0.4 is 10.6 Å². The fourth-order valence-corrected chi connectivity index (χ4v) is 5.87. The molecular weight excluding hydrogens is 568 g/mol. The lowest BCUT2D eigenvalue weighted by atomic mass is 10.0. The molecule has 0 spiro atoms. The number of carbonyl (C=O) groups is 4. The van der Waals surface area contributed by atoms with E-state index in [1.165, 1.54) is 12.0 Å². The maximum absolute atomic E-state index is 13.5. The van der Waals surface area contributed by atoms with Gasteiger partial charge in [0.25, 0.3) is 0 Å². The molecule has 2 aromatic carbocycles. The van der Waals surface area contributed by atoms with E-state index < -0.39 is 35.7 Å². The number of nitrogens with zero attached hydrogens (tertiary/aromatic N) is 2. The van der Waals surface area contributed by atoms with Crippen LogP contribution >= 0.6 is 12.2 Å². The number of likely N-dealkylation sites (tertiary alicyclic amines) is 2. The van der Waals surface area contributed by atoms with Gasteiger partial charge in [-0.15, -0.1) is 0 Å². The van der Waals surface area contributed by atoms with Gasteiger partial charge in [-0.3, -0.25) is 14.5 Å². The van der Waals surface area contributed by atoms with Crippen LogP contribution in [0, 0.1) is 0 Å². The number of hydrogen-bond donors (Lipinski definition) is 2.